The Morgan fingerprint density at radius 2 is 2.07 bits per heavy atom. The van der Waals surface area contributed by atoms with E-state index in [0.29, 0.717) is 5.56 Å². The Hall–Kier alpha value is -1.10. The molecule has 1 heterocycles. The summed E-state index contributed by atoms with van der Waals surface area (Å²) in [5, 5.41) is 2.95. The Labute approximate surface area is 85.5 Å². The maximum atomic E-state index is 12.7. The first-order chi connectivity index (χ1) is 6.99. The van der Waals surface area contributed by atoms with Crippen LogP contribution < -0.4 is 5.32 Å². The average molecular weight is 216 g/mol. The molecule has 82 valence electrons. The summed E-state index contributed by atoms with van der Waals surface area (Å²) in [6.45, 7) is 0. The van der Waals surface area contributed by atoms with E-state index in [0.717, 1.165) is 19.0 Å². The summed E-state index contributed by atoms with van der Waals surface area (Å²) in [6, 6.07) is 1.45. The highest BCUT2D eigenvalue weighted by atomic mass is 19.4. The van der Waals surface area contributed by atoms with Crippen molar-refractivity contribution in [3.8, 4) is 0 Å². The number of rotatable bonds is 2. The van der Waals surface area contributed by atoms with Crippen molar-refractivity contribution >= 4 is 0 Å². The van der Waals surface area contributed by atoms with Crippen LogP contribution in [-0.2, 0) is 11.7 Å². The molecule has 2 rings (SSSR count). The van der Waals surface area contributed by atoms with E-state index >= 15 is 0 Å². The Morgan fingerprint density at radius 1 is 1.40 bits per heavy atom. The molecule has 2 nitrogen and oxygen atoms in total. The van der Waals surface area contributed by atoms with Crippen LogP contribution >= 0.6 is 0 Å². The number of hydrogen-bond acceptors (Lipinski definition) is 2. The van der Waals surface area contributed by atoms with Crippen LogP contribution in [-0.4, -0.2) is 12.0 Å². The normalized spacial score (nSPS) is 18.9. The topological polar surface area (TPSA) is 24.9 Å². The zero-order valence-corrected chi connectivity index (χ0v) is 8.23. The van der Waals surface area contributed by atoms with Crippen molar-refractivity contribution in [3.05, 3.63) is 29.6 Å². The molecule has 0 aromatic carbocycles. The fourth-order valence-corrected chi connectivity index (χ4v) is 1.82. The van der Waals surface area contributed by atoms with Gasteiger partial charge >= 0.3 is 6.18 Å². The lowest BCUT2D eigenvalue weighted by molar-refractivity contribution is -0.138. The fourth-order valence-electron chi connectivity index (χ4n) is 1.82. The van der Waals surface area contributed by atoms with E-state index in [1.165, 1.54) is 12.3 Å². The molecular weight excluding hydrogens is 205 g/mol. The second-order valence-electron chi connectivity index (χ2n) is 3.75. The van der Waals surface area contributed by atoms with Gasteiger partial charge in [0.1, 0.15) is 0 Å². The molecule has 0 bridgehead atoms. The highest BCUT2D eigenvalue weighted by molar-refractivity contribution is 5.37. The SMILES string of the molecule is CNC1(c2ccncc2C(F)(F)F)CC1. The van der Waals surface area contributed by atoms with Crippen molar-refractivity contribution in [2.24, 2.45) is 0 Å². The number of aromatic nitrogens is 1. The Balaban J connectivity index is 2.48. The van der Waals surface area contributed by atoms with Crippen LogP contribution in [0, 0.1) is 0 Å². The first-order valence-electron chi connectivity index (χ1n) is 4.70. The lowest BCUT2D eigenvalue weighted by Gasteiger charge is -2.19. The highest BCUT2D eigenvalue weighted by Crippen LogP contribution is 2.48. The van der Waals surface area contributed by atoms with Crippen LogP contribution in [0.15, 0.2) is 18.5 Å². The Kier molecular flexibility index (Phi) is 2.22. The van der Waals surface area contributed by atoms with Crippen molar-refractivity contribution in [2.45, 2.75) is 24.6 Å². The fraction of sp³-hybridized carbons (Fsp3) is 0.500. The number of halogens is 3. The lowest BCUT2D eigenvalue weighted by atomic mass is 10.0. The molecule has 0 amide bonds. The van der Waals surface area contributed by atoms with Crippen LogP contribution in [0.2, 0.25) is 0 Å². The van der Waals surface area contributed by atoms with E-state index in [-0.39, 0.29) is 0 Å². The van der Waals surface area contributed by atoms with Gasteiger partial charge in [0.25, 0.3) is 0 Å². The molecule has 0 aliphatic heterocycles. The van der Waals surface area contributed by atoms with Gasteiger partial charge < -0.3 is 5.32 Å². The predicted molar refractivity (Wildman–Crippen MR) is 49.2 cm³/mol. The molecule has 0 atom stereocenters. The molecule has 1 N–H and O–H groups in total. The highest BCUT2D eigenvalue weighted by Gasteiger charge is 2.48. The quantitative estimate of drug-likeness (QED) is 0.820. The zero-order valence-electron chi connectivity index (χ0n) is 8.23. The van der Waals surface area contributed by atoms with Gasteiger partial charge in [-0.2, -0.15) is 13.2 Å². The van der Waals surface area contributed by atoms with Crippen LogP contribution in [0.25, 0.3) is 0 Å². The summed E-state index contributed by atoms with van der Waals surface area (Å²) in [4.78, 5) is 3.54. The lowest BCUT2D eigenvalue weighted by Crippen LogP contribution is -2.28. The third-order valence-electron chi connectivity index (χ3n) is 2.87. The van der Waals surface area contributed by atoms with Crippen molar-refractivity contribution < 1.29 is 13.2 Å². The molecule has 0 unspecified atom stereocenters. The molecular formula is C10H11F3N2. The smallest absolute Gasteiger partial charge is 0.310 e. The molecule has 1 fully saturated rings. The monoisotopic (exact) mass is 216 g/mol. The molecule has 0 saturated heterocycles. The number of nitrogens with zero attached hydrogens (tertiary/aromatic N) is 1. The summed E-state index contributed by atoms with van der Waals surface area (Å²) in [7, 11) is 1.69. The van der Waals surface area contributed by atoms with Gasteiger partial charge in [-0.05, 0) is 31.5 Å². The van der Waals surface area contributed by atoms with Gasteiger partial charge in [-0.25, -0.2) is 0 Å². The Morgan fingerprint density at radius 3 is 2.53 bits per heavy atom. The molecule has 1 aromatic rings. The minimum absolute atomic E-state index is 0.313. The first-order valence-corrected chi connectivity index (χ1v) is 4.70. The van der Waals surface area contributed by atoms with Gasteiger partial charge in [0.05, 0.1) is 5.56 Å². The summed E-state index contributed by atoms with van der Waals surface area (Å²) in [6.07, 6.45) is -0.530. The first kappa shape index (κ1) is 10.4. The Bertz CT molecular complexity index is 369. The van der Waals surface area contributed by atoms with E-state index in [2.05, 4.69) is 10.3 Å². The van der Waals surface area contributed by atoms with E-state index in [4.69, 9.17) is 0 Å². The molecule has 0 radical (unpaired) electrons. The van der Waals surface area contributed by atoms with Crippen LogP contribution in [0.3, 0.4) is 0 Å². The van der Waals surface area contributed by atoms with Gasteiger partial charge in [-0.1, -0.05) is 0 Å². The molecule has 5 heteroatoms. The van der Waals surface area contributed by atoms with Gasteiger partial charge in [0.2, 0.25) is 0 Å². The van der Waals surface area contributed by atoms with Gasteiger partial charge in [0, 0.05) is 17.9 Å². The standard InChI is InChI=1S/C10H11F3N2/c1-14-9(3-4-9)7-2-5-15-6-8(7)10(11,12)13/h2,5-6,14H,3-4H2,1H3. The van der Waals surface area contributed by atoms with Crippen LogP contribution in [0.4, 0.5) is 13.2 Å². The largest absolute Gasteiger partial charge is 0.418 e. The van der Waals surface area contributed by atoms with E-state index in [1.54, 1.807) is 7.05 Å². The average Bonchev–Trinajstić information content (AvgIpc) is 2.97. The maximum Gasteiger partial charge on any atom is 0.418 e. The molecule has 1 aliphatic carbocycles. The van der Waals surface area contributed by atoms with Crippen LogP contribution in [0.5, 0.6) is 0 Å². The predicted octanol–water partition coefficient (Wildman–Crippen LogP) is 2.31. The zero-order chi connectivity index (χ0) is 11.1. The summed E-state index contributed by atoms with van der Waals surface area (Å²) in [5.74, 6) is 0. The van der Waals surface area contributed by atoms with Crippen molar-refractivity contribution in [3.63, 3.8) is 0 Å². The minimum Gasteiger partial charge on any atom is -0.310 e. The molecule has 0 spiro atoms. The number of nitrogens with one attached hydrogen (secondary N) is 1. The van der Waals surface area contributed by atoms with Crippen molar-refractivity contribution in [1.82, 2.24) is 10.3 Å². The van der Waals surface area contributed by atoms with E-state index < -0.39 is 17.3 Å². The third-order valence-corrected chi connectivity index (χ3v) is 2.87. The van der Waals surface area contributed by atoms with Gasteiger partial charge in [0.15, 0.2) is 0 Å². The number of hydrogen-bond donors (Lipinski definition) is 1. The molecule has 1 aromatic heterocycles. The molecule has 15 heavy (non-hydrogen) atoms. The van der Waals surface area contributed by atoms with Gasteiger partial charge in [-0.15, -0.1) is 0 Å². The van der Waals surface area contributed by atoms with E-state index in [1.807, 2.05) is 0 Å². The summed E-state index contributed by atoms with van der Waals surface area (Å²) in [5.41, 5.74) is -0.794. The van der Waals surface area contributed by atoms with E-state index in [9.17, 15) is 13.2 Å². The molecule has 1 aliphatic rings. The second kappa shape index (κ2) is 3.20. The third kappa shape index (κ3) is 1.71. The minimum atomic E-state index is -4.32. The van der Waals surface area contributed by atoms with Gasteiger partial charge in [-0.3, -0.25) is 4.98 Å². The van der Waals surface area contributed by atoms with Crippen LogP contribution in [0.1, 0.15) is 24.0 Å². The number of alkyl halides is 3. The summed E-state index contributed by atoms with van der Waals surface area (Å²) >= 11 is 0. The van der Waals surface area contributed by atoms with Crippen molar-refractivity contribution in [2.75, 3.05) is 7.05 Å². The number of pyridine rings is 1. The molecule has 1 saturated carbocycles. The summed E-state index contributed by atoms with van der Waals surface area (Å²) < 4.78 is 38.0. The van der Waals surface area contributed by atoms with Crippen molar-refractivity contribution in [1.29, 1.82) is 0 Å². The maximum absolute atomic E-state index is 12.7. The second-order valence-corrected chi connectivity index (χ2v) is 3.75.